The van der Waals surface area contributed by atoms with Crippen LogP contribution in [0.3, 0.4) is 0 Å². The van der Waals surface area contributed by atoms with Crippen molar-refractivity contribution in [1.82, 2.24) is 4.98 Å². The standard InChI is InChI=1S/C13H14N2O3S/c1-15(2)13-14-10(11(19-13)12(16)17)8-6-4-5-7-9(8)18-3/h4-7H,1-3H3,(H,16,17). The van der Waals surface area contributed by atoms with Gasteiger partial charge in [0.2, 0.25) is 0 Å². The molecule has 0 bridgehead atoms. The van der Waals surface area contributed by atoms with Crippen LogP contribution in [0.2, 0.25) is 0 Å². The van der Waals surface area contributed by atoms with E-state index in [1.807, 2.05) is 26.2 Å². The van der Waals surface area contributed by atoms with E-state index in [2.05, 4.69) is 4.98 Å². The molecule has 0 aliphatic rings. The third-order valence-electron chi connectivity index (χ3n) is 2.55. The van der Waals surface area contributed by atoms with Crippen LogP contribution in [0.1, 0.15) is 9.67 Å². The highest BCUT2D eigenvalue weighted by Crippen LogP contribution is 2.36. The summed E-state index contributed by atoms with van der Waals surface area (Å²) in [6, 6.07) is 7.26. The van der Waals surface area contributed by atoms with Crippen LogP contribution >= 0.6 is 11.3 Å². The zero-order chi connectivity index (χ0) is 14.0. The Morgan fingerprint density at radius 3 is 2.63 bits per heavy atom. The lowest BCUT2D eigenvalue weighted by Gasteiger charge is -2.07. The molecule has 2 aromatic rings. The van der Waals surface area contributed by atoms with Gasteiger partial charge < -0.3 is 14.7 Å². The topological polar surface area (TPSA) is 62.7 Å². The zero-order valence-electron chi connectivity index (χ0n) is 10.9. The lowest BCUT2D eigenvalue weighted by Crippen LogP contribution is -2.07. The lowest BCUT2D eigenvalue weighted by molar-refractivity contribution is 0.0702. The van der Waals surface area contributed by atoms with Gasteiger partial charge in [-0.2, -0.15) is 0 Å². The molecule has 6 heteroatoms. The van der Waals surface area contributed by atoms with Gasteiger partial charge in [0.25, 0.3) is 0 Å². The van der Waals surface area contributed by atoms with Gasteiger partial charge in [-0.3, -0.25) is 0 Å². The van der Waals surface area contributed by atoms with E-state index in [1.165, 1.54) is 0 Å². The van der Waals surface area contributed by atoms with Gasteiger partial charge >= 0.3 is 5.97 Å². The van der Waals surface area contributed by atoms with E-state index in [9.17, 15) is 9.90 Å². The summed E-state index contributed by atoms with van der Waals surface area (Å²) in [6.45, 7) is 0. The third kappa shape index (κ3) is 2.53. The van der Waals surface area contributed by atoms with Gasteiger partial charge in [0.1, 0.15) is 16.3 Å². The van der Waals surface area contributed by atoms with Gasteiger partial charge in [-0.05, 0) is 12.1 Å². The van der Waals surface area contributed by atoms with E-state index in [0.717, 1.165) is 11.3 Å². The molecule has 19 heavy (non-hydrogen) atoms. The number of thiazole rings is 1. The average Bonchev–Trinajstić information content (AvgIpc) is 2.83. The van der Waals surface area contributed by atoms with Gasteiger partial charge in [-0.15, -0.1) is 0 Å². The molecule has 1 heterocycles. The molecule has 0 atom stereocenters. The number of ether oxygens (including phenoxy) is 1. The molecule has 0 saturated heterocycles. The number of hydrogen-bond acceptors (Lipinski definition) is 5. The molecule has 0 spiro atoms. The number of rotatable bonds is 4. The number of anilines is 1. The summed E-state index contributed by atoms with van der Waals surface area (Å²) in [5, 5.41) is 9.95. The van der Waals surface area contributed by atoms with Gasteiger partial charge in [0, 0.05) is 19.7 Å². The number of carbonyl (C=O) groups is 1. The highest BCUT2D eigenvalue weighted by molar-refractivity contribution is 7.17. The van der Waals surface area contributed by atoms with Gasteiger partial charge in [-0.1, -0.05) is 23.5 Å². The second kappa shape index (κ2) is 5.27. The quantitative estimate of drug-likeness (QED) is 0.931. The van der Waals surface area contributed by atoms with Crippen LogP contribution in [0.4, 0.5) is 5.13 Å². The molecule has 0 aliphatic heterocycles. The molecule has 1 aromatic heterocycles. The summed E-state index contributed by atoms with van der Waals surface area (Å²) in [6.07, 6.45) is 0. The Morgan fingerprint density at radius 2 is 2.05 bits per heavy atom. The fraction of sp³-hybridized carbons (Fsp3) is 0.231. The number of aromatic carboxylic acids is 1. The molecular formula is C13H14N2O3S. The maximum atomic E-state index is 11.3. The summed E-state index contributed by atoms with van der Waals surface area (Å²) in [5.41, 5.74) is 1.13. The number of para-hydroxylation sites is 1. The summed E-state index contributed by atoms with van der Waals surface area (Å²) in [4.78, 5) is 17.7. The summed E-state index contributed by atoms with van der Waals surface area (Å²) in [7, 11) is 5.21. The minimum absolute atomic E-state index is 0.216. The fourth-order valence-corrected chi connectivity index (χ4v) is 2.51. The fourth-order valence-electron chi connectivity index (χ4n) is 1.67. The molecule has 0 fully saturated rings. The first-order chi connectivity index (χ1) is 9.04. The van der Waals surface area contributed by atoms with Crippen molar-refractivity contribution < 1.29 is 14.6 Å². The van der Waals surface area contributed by atoms with Gasteiger partial charge in [0.05, 0.1) is 7.11 Å². The number of benzene rings is 1. The zero-order valence-corrected chi connectivity index (χ0v) is 11.7. The third-order valence-corrected chi connectivity index (χ3v) is 3.77. The minimum Gasteiger partial charge on any atom is -0.496 e. The normalized spacial score (nSPS) is 10.3. The molecule has 100 valence electrons. The van der Waals surface area contributed by atoms with Crippen LogP contribution in [0, 0.1) is 0 Å². The molecule has 0 radical (unpaired) electrons. The number of aromatic nitrogens is 1. The molecule has 0 aliphatic carbocycles. The molecular weight excluding hydrogens is 264 g/mol. The smallest absolute Gasteiger partial charge is 0.348 e. The van der Waals surface area contributed by atoms with Crippen molar-refractivity contribution in [2.24, 2.45) is 0 Å². The Morgan fingerprint density at radius 1 is 1.37 bits per heavy atom. The number of carboxylic acid groups (broad SMARTS) is 1. The maximum absolute atomic E-state index is 11.3. The van der Waals surface area contributed by atoms with Crippen molar-refractivity contribution in [3.63, 3.8) is 0 Å². The first kappa shape index (κ1) is 13.4. The molecule has 0 amide bonds. The van der Waals surface area contributed by atoms with E-state index in [4.69, 9.17) is 4.74 Å². The number of hydrogen-bond donors (Lipinski definition) is 1. The van der Waals surface area contributed by atoms with Crippen molar-refractivity contribution in [3.8, 4) is 17.0 Å². The summed E-state index contributed by atoms with van der Waals surface area (Å²) in [5.74, 6) is -0.368. The first-order valence-corrected chi connectivity index (χ1v) is 6.41. The second-order valence-electron chi connectivity index (χ2n) is 4.07. The van der Waals surface area contributed by atoms with Crippen LogP contribution in [0.25, 0.3) is 11.3 Å². The second-order valence-corrected chi connectivity index (χ2v) is 5.05. The Labute approximate surface area is 115 Å². The predicted octanol–water partition coefficient (Wildman–Crippen LogP) is 2.58. The van der Waals surface area contributed by atoms with Crippen LogP contribution in [0.15, 0.2) is 24.3 Å². The monoisotopic (exact) mass is 278 g/mol. The Balaban J connectivity index is 2.63. The average molecular weight is 278 g/mol. The lowest BCUT2D eigenvalue weighted by atomic mass is 10.1. The highest BCUT2D eigenvalue weighted by atomic mass is 32.1. The van der Waals surface area contributed by atoms with Crippen molar-refractivity contribution in [2.45, 2.75) is 0 Å². The summed E-state index contributed by atoms with van der Waals surface area (Å²) < 4.78 is 5.26. The first-order valence-electron chi connectivity index (χ1n) is 5.59. The van der Waals surface area contributed by atoms with Crippen molar-refractivity contribution in [2.75, 3.05) is 26.1 Å². The molecule has 1 N–H and O–H groups in total. The Kier molecular flexibility index (Phi) is 3.71. The Bertz CT molecular complexity index is 608. The largest absolute Gasteiger partial charge is 0.496 e. The van der Waals surface area contributed by atoms with Gasteiger partial charge in [-0.25, -0.2) is 9.78 Å². The van der Waals surface area contributed by atoms with Crippen LogP contribution in [-0.4, -0.2) is 37.3 Å². The summed E-state index contributed by atoms with van der Waals surface area (Å²) >= 11 is 1.15. The predicted molar refractivity (Wildman–Crippen MR) is 75.4 cm³/mol. The van der Waals surface area contributed by atoms with E-state index in [-0.39, 0.29) is 4.88 Å². The molecule has 5 nitrogen and oxygen atoms in total. The number of methoxy groups -OCH3 is 1. The Hall–Kier alpha value is -2.08. The molecule has 0 unspecified atom stereocenters. The molecule has 1 aromatic carbocycles. The van der Waals surface area contributed by atoms with E-state index >= 15 is 0 Å². The van der Waals surface area contributed by atoms with Crippen LogP contribution in [-0.2, 0) is 0 Å². The van der Waals surface area contributed by atoms with Gasteiger partial charge in [0.15, 0.2) is 5.13 Å². The molecule has 2 rings (SSSR count). The van der Waals surface area contributed by atoms with E-state index in [1.54, 1.807) is 24.1 Å². The number of nitrogens with zero attached hydrogens (tertiary/aromatic N) is 2. The van der Waals surface area contributed by atoms with E-state index < -0.39 is 5.97 Å². The maximum Gasteiger partial charge on any atom is 0.348 e. The van der Waals surface area contributed by atoms with Crippen molar-refractivity contribution in [3.05, 3.63) is 29.1 Å². The van der Waals surface area contributed by atoms with Crippen LogP contribution < -0.4 is 9.64 Å². The highest BCUT2D eigenvalue weighted by Gasteiger charge is 2.21. The minimum atomic E-state index is -0.980. The van der Waals surface area contributed by atoms with Crippen molar-refractivity contribution >= 4 is 22.4 Å². The van der Waals surface area contributed by atoms with Crippen molar-refractivity contribution in [1.29, 1.82) is 0 Å². The SMILES string of the molecule is COc1ccccc1-c1nc(N(C)C)sc1C(=O)O. The number of carboxylic acids is 1. The van der Waals surface area contributed by atoms with E-state index in [0.29, 0.717) is 22.1 Å². The van der Waals surface area contributed by atoms with Crippen LogP contribution in [0.5, 0.6) is 5.75 Å². The molecule has 0 saturated carbocycles.